The van der Waals surface area contributed by atoms with E-state index < -0.39 is 5.60 Å². The average molecular weight is 217 g/mol. The number of nitrogens with one attached hydrogen (secondary N) is 1. The number of benzene rings is 1. The molecule has 0 radical (unpaired) electrons. The monoisotopic (exact) mass is 217 g/mol. The Labute approximate surface area is 96.7 Å². The third kappa shape index (κ3) is 1.82. The molecule has 1 aromatic carbocycles. The van der Waals surface area contributed by atoms with Crippen LogP contribution in [0.2, 0.25) is 0 Å². The van der Waals surface area contributed by atoms with Crippen molar-refractivity contribution in [3.05, 3.63) is 29.8 Å². The summed E-state index contributed by atoms with van der Waals surface area (Å²) in [5.74, 6) is 0.764. The molecule has 86 valence electrons. The molecule has 0 amide bonds. The van der Waals surface area contributed by atoms with E-state index >= 15 is 0 Å². The van der Waals surface area contributed by atoms with Crippen LogP contribution in [0.5, 0.6) is 0 Å². The quantitative estimate of drug-likeness (QED) is 0.815. The van der Waals surface area contributed by atoms with Crippen LogP contribution in [0.3, 0.4) is 0 Å². The Morgan fingerprint density at radius 2 is 2.12 bits per heavy atom. The zero-order valence-electron chi connectivity index (χ0n) is 9.74. The Balaban J connectivity index is 1.74. The van der Waals surface area contributed by atoms with Crippen LogP contribution in [-0.2, 0) is 6.42 Å². The average Bonchev–Trinajstić information content (AvgIpc) is 2.94. The Morgan fingerprint density at radius 1 is 1.38 bits per heavy atom. The van der Waals surface area contributed by atoms with Crippen molar-refractivity contribution in [3.8, 4) is 0 Å². The summed E-state index contributed by atoms with van der Waals surface area (Å²) in [5.41, 5.74) is 1.97. The molecular formula is C14H19NO. The summed E-state index contributed by atoms with van der Waals surface area (Å²) in [6, 6.07) is 8.55. The van der Waals surface area contributed by atoms with Crippen molar-refractivity contribution in [2.24, 2.45) is 5.92 Å². The third-order valence-electron chi connectivity index (χ3n) is 3.92. The predicted molar refractivity (Wildman–Crippen MR) is 65.5 cm³/mol. The van der Waals surface area contributed by atoms with Crippen LogP contribution in [0.4, 0.5) is 5.69 Å². The van der Waals surface area contributed by atoms with Gasteiger partial charge in [0.15, 0.2) is 0 Å². The van der Waals surface area contributed by atoms with Crippen molar-refractivity contribution in [1.82, 2.24) is 0 Å². The zero-order valence-corrected chi connectivity index (χ0v) is 9.74. The molecule has 2 aliphatic rings. The maximum atomic E-state index is 10.5. The summed E-state index contributed by atoms with van der Waals surface area (Å²) in [6.45, 7) is 1.98. The smallest absolute Gasteiger partial charge is 0.0825 e. The molecular weight excluding hydrogens is 198 g/mol. The lowest BCUT2D eigenvalue weighted by atomic mass is 9.88. The van der Waals surface area contributed by atoms with Gasteiger partial charge in [0.1, 0.15) is 0 Å². The Hall–Kier alpha value is -1.02. The minimum atomic E-state index is -0.569. The van der Waals surface area contributed by atoms with Gasteiger partial charge in [-0.1, -0.05) is 31.0 Å². The highest BCUT2D eigenvalue weighted by molar-refractivity contribution is 5.57. The van der Waals surface area contributed by atoms with E-state index in [0.717, 1.165) is 18.8 Å². The van der Waals surface area contributed by atoms with Gasteiger partial charge in [-0.2, -0.15) is 0 Å². The van der Waals surface area contributed by atoms with Crippen molar-refractivity contribution in [1.29, 1.82) is 0 Å². The van der Waals surface area contributed by atoms with Crippen LogP contribution >= 0.6 is 0 Å². The summed E-state index contributed by atoms with van der Waals surface area (Å²) in [6.07, 6.45) is 4.50. The van der Waals surface area contributed by atoms with E-state index in [9.17, 15) is 5.11 Å². The first-order chi connectivity index (χ1) is 7.65. The van der Waals surface area contributed by atoms with E-state index in [1.807, 2.05) is 13.0 Å². The lowest BCUT2D eigenvalue weighted by Crippen LogP contribution is -2.43. The van der Waals surface area contributed by atoms with Crippen molar-refractivity contribution in [2.75, 3.05) is 5.32 Å². The molecule has 1 aromatic rings. The van der Waals surface area contributed by atoms with Crippen LogP contribution in [-0.4, -0.2) is 16.7 Å². The van der Waals surface area contributed by atoms with Gasteiger partial charge in [0.05, 0.1) is 11.6 Å². The summed E-state index contributed by atoms with van der Waals surface area (Å²) in [5, 5.41) is 14.0. The van der Waals surface area contributed by atoms with Gasteiger partial charge in [-0.3, -0.25) is 0 Å². The fourth-order valence-electron chi connectivity index (χ4n) is 2.72. The summed E-state index contributed by atoms with van der Waals surface area (Å²) in [4.78, 5) is 0. The van der Waals surface area contributed by atoms with E-state index in [0.29, 0.717) is 0 Å². The summed E-state index contributed by atoms with van der Waals surface area (Å²) >= 11 is 0. The molecule has 0 aromatic heterocycles. The Morgan fingerprint density at radius 3 is 2.81 bits per heavy atom. The van der Waals surface area contributed by atoms with Gasteiger partial charge in [-0.25, -0.2) is 0 Å². The van der Waals surface area contributed by atoms with E-state index in [2.05, 4.69) is 23.5 Å². The van der Waals surface area contributed by atoms with Gasteiger partial charge in [-0.05, 0) is 37.3 Å². The molecule has 2 atom stereocenters. The first-order valence-corrected chi connectivity index (χ1v) is 6.22. The maximum Gasteiger partial charge on any atom is 0.0825 e. The van der Waals surface area contributed by atoms with Gasteiger partial charge in [0, 0.05) is 5.69 Å². The minimum Gasteiger partial charge on any atom is -0.388 e. The molecule has 1 saturated carbocycles. The van der Waals surface area contributed by atoms with E-state index in [4.69, 9.17) is 0 Å². The first kappa shape index (κ1) is 10.2. The highest BCUT2D eigenvalue weighted by Crippen LogP contribution is 2.40. The van der Waals surface area contributed by atoms with Crippen molar-refractivity contribution < 1.29 is 5.11 Å². The fourth-order valence-corrected chi connectivity index (χ4v) is 2.72. The molecule has 1 aliphatic carbocycles. The zero-order chi connectivity index (χ0) is 11.2. The van der Waals surface area contributed by atoms with Gasteiger partial charge in [0.2, 0.25) is 0 Å². The molecule has 1 fully saturated rings. The number of rotatable bonds is 3. The van der Waals surface area contributed by atoms with Gasteiger partial charge in [-0.15, -0.1) is 0 Å². The Kier molecular flexibility index (Phi) is 2.21. The van der Waals surface area contributed by atoms with Crippen LogP contribution in [0, 0.1) is 5.92 Å². The van der Waals surface area contributed by atoms with Crippen LogP contribution in [0.15, 0.2) is 24.3 Å². The fraction of sp³-hybridized carbons (Fsp3) is 0.571. The summed E-state index contributed by atoms with van der Waals surface area (Å²) in [7, 11) is 0. The Bertz CT molecular complexity index is 370. The summed E-state index contributed by atoms with van der Waals surface area (Å²) < 4.78 is 0. The number of fused-ring (bicyclic) bond motifs is 1. The molecule has 2 heteroatoms. The molecule has 1 aliphatic heterocycles. The topological polar surface area (TPSA) is 32.3 Å². The molecule has 1 heterocycles. The number of aliphatic hydroxyl groups is 1. The molecule has 2 nitrogen and oxygen atoms in total. The predicted octanol–water partition coefficient (Wildman–Crippen LogP) is 2.57. The number of hydrogen-bond donors (Lipinski definition) is 2. The van der Waals surface area contributed by atoms with Crippen molar-refractivity contribution in [2.45, 2.75) is 44.2 Å². The van der Waals surface area contributed by atoms with E-state index in [1.54, 1.807) is 0 Å². The highest BCUT2D eigenvalue weighted by Gasteiger charge is 2.40. The van der Waals surface area contributed by atoms with Crippen LogP contribution in [0.1, 0.15) is 31.7 Å². The van der Waals surface area contributed by atoms with Crippen LogP contribution < -0.4 is 5.32 Å². The number of para-hydroxylation sites is 1. The van der Waals surface area contributed by atoms with E-state index in [-0.39, 0.29) is 6.04 Å². The number of hydrogen-bond acceptors (Lipinski definition) is 2. The largest absolute Gasteiger partial charge is 0.388 e. The second-order valence-corrected chi connectivity index (χ2v) is 5.56. The molecule has 2 N–H and O–H groups in total. The van der Waals surface area contributed by atoms with Gasteiger partial charge < -0.3 is 10.4 Å². The highest BCUT2D eigenvalue weighted by atomic mass is 16.3. The molecule has 0 saturated heterocycles. The molecule has 16 heavy (non-hydrogen) atoms. The second-order valence-electron chi connectivity index (χ2n) is 5.56. The van der Waals surface area contributed by atoms with E-state index in [1.165, 1.54) is 24.1 Å². The standard InChI is InChI=1S/C14H19NO/c1-14(16,9-10-6-7-10)13-8-11-4-2-3-5-12(11)15-13/h2-5,10,13,15-16H,6-9H2,1H3. The molecule has 3 rings (SSSR count). The third-order valence-corrected chi connectivity index (χ3v) is 3.92. The molecule has 0 spiro atoms. The first-order valence-electron chi connectivity index (χ1n) is 6.22. The van der Waals surface area contributed by atoms with Gasteiger partial charge >= 0.3 is 0 Å². The second kappa shape index (κ2) is 3.49. The lowest BCUT2D eigenvalue weighted by Gasteiger charge is -2.30. The molecule has 2 unspecified atom stereocenters. The number of anilines is 1. The van der Waals surface area contributed by atoms with Crippen LogP contribution in [0.25, 0.3) is 0 Å². The SMILES string of the molecule is CC(O)(CC1CC1)C1Cc2ccccc2N1. The molecule has 0 bridgehead atoms. The normalized spacial score (nSPS) is 27.0. The minimum absolute atomic E-state index is 0.186. The van der Waals surface area contributed by atoms with Crippen molar-refractivity contribution >= 4 is 5.69 Å². The van der Waals surface area contributed by atoms with Gasteiger partial charge in [0.25, 0.3) is 0 Å². The lowest BCUT2D eigenvalue weighted by molar-refractivity contribution is 0.0275. The van der Waals surface area contributed by atoms with Crippen molar-refractivity contribution in [3.63, 3.8) is 0 Å². The maximum absolute atomic E-state index is 10.5.